The van der Waals surface area contributed by atoms with E-state index in [4.69, 9.17) is 16.0 Å². The molecule has 0 fully saturated rings. The minimum absolute atomic E-state index is 0.695. The maximum atomic E-state index is 6.10. The Balaban J connectivity index is 1.57. The second kappa shape index (κ2) is 8.99. The number of para-hydroxylation sites is 1. The van der Waals surface area contributed by atoms with Gasteiger partial charge in [0.05, 0.1) is 12.2 Å². The molecular weight excluding hydrogens is 438 g/mol. The number of hydrogen-bond acceptors (Lipinski definition) is 4. The Bertz CT molecular complexity index is 1430. The van der Waals surface area contributed by atoms with E-state index in [2.05, 4.69) is 32.3 Å². The van der Waals surface area contributed by atoms with Gasteiger partial charge < -0.3 is 8.98 Å². The SMILES string of the molecule is C/C(=N\N=c1/scc(-c2ccc(Cl)cc2)n1Cc1ccccc1)c1cc2ccccc2o1. The Morgan fingerprint density at radius 1 is 0.969 bits per heavy atom. The average Bonchev–Trinajstić information content (AvgIpc) is 3.43. The minimum Gasteiger partial charge on any atom is -0.455 e. The standard InChI is InChI=1S/C26H20ClN3OS/c1-18(25-15-21-9-5-6-10-24(21)31-25)28-29-26-30(16-19-7-3-2-4-8-19)23(17-32-26)20-11-13-22(27)14-12-20/h2-15,17H,16H2,1H3/b28-18+,29-26-. The fourth-order valence-electron chi connectivity index (χ4n) is 3.51. The van der Waals surface area contributed by atoms with Crippen molar-refractivity contribution < 1.29 is 4.42 Å². The number of rotatable bonds is 5. The molecule has 2 heterocycles. The summed E-state index contributed by atoms with van der Waals surface area (Å²) in [5.41, 5.74) is 4.93. The summed E-state index contributed by atoms with van der Waals surface area (Å²) in [5, 5.41) is 13.0. The third-order valence-electron chi connectivity index (χ3n) is 5.19. The lowest BCUT2D eigenvalue weighted by Crippen LogP contribution is -2.16. The third-order valence-corrected chi connectivity index (χ3v) is 6.29. The fraction of sp³-hybridized carbons (Fsp3) is 0.0769. The minimum atomic E-state index is 0.695. The van der Waals surface area contributed by atoms with Crippen LogP contribution >= 0.6 is 22.9 Å². The monoisotopic (exact) mass is 457 g/mol. The van der Waals surface area contributed by atoms with Crippen LogP contribution in [0.25, 0.3) is 22.2 Å². The molecule has 5 rings (SSSR count). The second-order valence-corrected chi connectivity index (χ2v) is 8.69. The Morgan fingerprint density at radius 2 is 1.72 bits per heavy atom. The Hall–Kier alpha value is -3.41. The van der Waals surface area contributed by atoms with Crippen molar-refractivity contribution in [3.63, 3.8) is 0 Å². The number of benzene rings is 3. The van der Waals surface area contributed by atoms with Gasteiger partial charge in [-0.2, -0.15) is 0 Å². The van der Waals surface area contributed by atoms with Crippen LogP contribution in [0.5, 0.6) is 0 Å². The van der Waals surface area contributed by atoms with Crippen molar-refractivity contribution in [2.45, 2.75) is 13.5 Å². The number of fused-ring (bicyclic) bond motifs is 1. The van der Waals surface area contributed by atoms with Gasteiger partial charge in [-0.1, -0.05) is 72.3 Å². The van der Waals surface area contributed by atoms with E-state index in [-0.39, 0.29) is 0 Å². The van der Waals surface area contributed by atoms with Gasteiger partial charge >= 0.3 is 0 Å². The lowest BCUT2D eigenvalue weighted by atomic mass is 10.1. The zero-order chi connectivity index (χ0) is 21.9. The normalized spacial score (nSPS) is 12.6. The van der Waals surface area contributed by atoms with E-state index in [1.54, 1.807) is 11.3 Å². The number of furan rings is 1. The fourth-order valence-corrected chi connectivity index (χ4v) is 4.49. The largest absolute Gasteiger partial charge is 0.455 e. The van der Waals surface area contributed by atoms with Crippen molar-refractivity contribution in [1.29, 1.82) is 0 Å². The lowest BCUT2D eigenvalue weighted by Gasteiger charge is -2.09. The molecule has 0 saturated heterocycles. The number of thiazole rings is 1. The quantitative estimate of drug-likeness (QED) is 0.207. The zero-order valence-electron chi connectivity index (χ0n) is 17.4. The number of hydrogen-bond donors (Lipinski definition) is 0. The van der Waals surface area contributed by atoms with Crippen molar-refractivity contribution in [3.05, 3.63) is 111 Å². The summed E-state index contributed by atoms with van der Waals surface area (Å²) in [6.07, 6.45) is 0. The van der Waals surface area contributed by atoms with Crippen LogP contribution in [0.2, 0.25) is 5.02 Å². The van der Waals surface area contributed by atoms with E-state index >= 15 is 0 Å². The number of nitrogens with zero attached hydrogens (tertiary/aromatic N) is 3. The maximum absolute atomic E-state index is 6.10. The second-order valence-electron chi connectivity index (χ2n) is 7.42. The molecule has 0 aliphatic heterocycles. The van der Waals surface area contributed by atoms with Crippen LogP contribution in [0.15, 0.2) is 105 Å². The Labute approximate surface area is 194 Å². The van der Waals surface area contributed by atoms with Crippen molar-refractivity contribution >= 4 is 39.6 Å². The molecule has 32 heavy (non-hydrogen) atoms. The molecule has 0 radical (unpaired) electrons. The van der Waals surface area contributed by atoms with E-state index in [1.807, 2.05) is 79.7 Å². The molecule has 0 bridgehead atoms. The van der Waals surface area contributed by atoms with Crippen LogP contribution in [0, 0.1) is 0 Å². The van der Waals surface area contributed by atoms with Gasteiger partial charge in [0.1, 0.15) is 11.3 Å². The topological polar surface area (TPSA) is 42.8 Å². The van der Waals surface area contributed by atoms with E-state index in [0.717, 1.165) is 43.5 Å². The summed E-state index contributed by atoms with van der Waals surface area (Å²) >= 11 is 7.66. The highest BCUT2D eigenvalue weighted by Crippen LogP contribution is 2.23. The third kappa shape index (κ3) is 4.31. The van der Waals surface area contributed by atoms with Gasteiger partial charge in [-0.25, -0.2) is 0 Å². The maximum Gasteiger partial charge on any atom is 0.211 e. The van der Waals surface area contributed by atoms with E-state index in [9.17, 15) is 0 Å². The van der Waals surface area contributed by atoms with Gasteiger partial charge in [-0.3, -0.25) is 0 Å². The van der Waals surface area contributed by atoms with Crippen LogP contribution in [-0.4, -0.2) is 10.3 Å². The number of aromatic nitrogens is 1. The van der Waals surface area contributed by atoms with Gasteiger partial charge in [0.15, 0.2) is 5.76 Å². The molecule has 0 atom stereocenters. The smallest absolute Gasteiger partial charge is 0.211 e. The van der Waals surface area contributed by atoms with Gasteiger partial charge in [0, 0.05) is 15.8 Å². The average molecular weight is 458 g/mol. The first-order valence-electron chi connectivity index (χ1n) is 10.2. The molecule has 0 amide bonds. The molecule has 0 aliphatic rings. The highest BCUT2D eigenvalue weighted by molar-refractivity contribution is 7.07. The molecule has 4 nitrogen and oxygen atoms in total. The molecule has 0 unspecified atom stereocenters. The van der Waals surface area contributed by atoms with Gasteiger partial charge in [-0.05, 0) is 42.3 Å². The summed E-state index contributed by atoms with van der Waals surface area (Å²) < 4.78 is 8.10. The first-order valence-corrected chi connectivity index (χ1v) is 11.5. The Kier molecular flexibility index (Phi) is 5.75. The predicted molar refractivity (Wildman–Crippen MR) is 132 cm³/mol. The number of halogens is 1. The molecule has 5 aromatic rings. The molecule has 6 heteroatoms. The molecular formula is C26H20ClN3OS. The van der Waals surface area contributed by atoms with E-state index in [1.165, 1.54) is 5.56 Å². The molecule has 0 spiro atoms. The van der Waals surface area contributed by atoms with Crippen molar-refractivity contribution in [3.8, 4) is 11.3 Å². The van der Waals surface area contributed by atoms with Crippen LogP contribution in [0.3, 0.4) is 0 Å². The molecule has 0 N–H and O–H groups in total. The van der Waals surface area contributed by atoms with Crippen LogP contribution in [-0.2, 0) is 6.54 Å². The van der Waals surface area contributed by atoms with E-state index in [0.29, 0.717) is 6.54 Å². The van der Waals surface area contributed by atoms with Crippen LogP contribution < -0.4 is 4.80 Å². The summed E-state index contributed by atoms with van der Waals surface area (Å²) in [6, 6.07) is 28.1. The van der Waals surface area contributed by atoms with Gasteiger partial charge in [-0.15, -0.1) is 21.5 Å². The molecule has 2 aromatic heterocycles. The summed E-state index contributed by atoms with van der Waals surface area (Å²) in [5.74, 6) is 0.721. The van der Waals surface area contributed by atoms with Crippen LogP contribution in [0.4, 0.5) is 0 Å². The van der Waals surface area contributed by atoms with Crippen molar-refractivity contribution in [2.24, 2.45) is 10.2 Å². The first-order chi connectivity index (χ1) is 15.7. The van der Waals surface area contributed by atoms with Crippen molar-refractivity contribution in [2.75, 3.05) is 0 Å². The van der Waals surface area contributed by atoms with Crippen LogP contribution in [0.1, 0.15) is 18.2 Å². The summed E-state index contributed by atoms with van der Waals surface area (Å²) in [7, 11) is 0. The lowest BCUT2D eigenvalue weighted by molar-refractivity contribution is 0.604. The summed E-state index contributed by atoms with van der Waals surface area (Å²) in [6.45, 7) is 2.61. The van der Waals surface area contributed by atoms with Gasteiger partial charge in [0.2, 0.25) is 4.80 Å². The van der Waals surface area contributed by atoms with Gasteiger partial charge in [0.25, 0.3) is 0 Å². The first kappa shape index (κ1) is 20.5. The van der Waals surface area contributed by atoms with E-state index < -0.39 is 0 Å². The summed E-state index contributed by atoms with van der Waals surface area (Å²) in [4.78, 5) is 0.814. The predicted octanol–water partition coefficient (Wildman–Crippen LogP) is 6.99. The van der Waals surface area contributed by atoms with Crippen molar-refractivity contribution in [1.82, 2.24) is 4.57 Å². The highest BCUT2D eigenvalue weighted by Gasteiger charge is 2.10. The molecule has 0 saturated carbocycles. The zero-order valence-corrected chi connectivity index (χ0v) is 19.0. The highest BCUT2D eigenvalue weighted by atomic mass is 35.5. The Morgan fingerprint density at radius 3 is 2.50 bits per heavy atom. The molecule has 158 valence electrons. The molecule has 3 aromatic carbocycles. The molecule has 0 aliphatic carbocycles.